The van der Waals surface area contributed by atoms with Crippen molar-refractivity contribution in [1.82, 2.24) is 0 Å². The first kappa shape index (κ1) is 44.7. The third kappa shape index (κ3) is 7.51. The first-order chi connectivity index (χ1) is 37.7. The normalized spacial score (nSPS) is 13.7. The van der Waals surface area contributed by atoms with Crippen LogP contribution in [0.4, 0.5) is 34.1 Å². The van der Waals surface area contributed by atoms with Crippen molar-refractivity contribution >= 4 is 34.1 Å². The molecule has 1 unspecified atom stereocenters. The maximum atomic E-state index is 7.36. The van der Waals surface area contributed by atoms with Gasteiger partial charge in [0.25, 0.3) is 0 Å². The molecule has 12 aromatic carbocycles. The number of fused-ring (bicyclic) bond motifs is 9. The number of ether oxygens (including phenoxy) is 1. The molecule has 1 atom stereocenters. The molecule has 0 aromatic heterocycles. The third-order valence-electron chi connectivity index (χ3n) is 15.4. The van der Waals surface area contributed by atoms with E-state index in [0.29, 0.717) is 0 Å². The predicted octanol–water partition coefficient (Wildman–Crippen LogP) is 19.8. The Bertz CT molecular complexity index is 3960. The largest absolute Gasteiger partial charge is 0.454 e. The Kier molecular flexibility index (Phi) is 11.1. The Morgan fingerprint density at radius 2 is 0.618 bits per heavy atom. The van der Waals surface area contributed by atoms with Gasteiger partial charge in [0.05, 0.1) is 16.8 Å². The first-order valence-corrected chi connectivity index (χ1v) is 26.1. The Balaban J connectivity index is 0.966. The number of para-hydroxylation sites is 3. The Morgan fingerprint density at radius 1 is 0.237 bits per heavy atom. The summed E-state index contributed by atoms with van der Waals surface area (Å²) in [4.78, 5) is 4.79. The molecule has 0 amide bonds. The van der Waals surface area contributed by atoms with Crippen LogP contribution in [0.1, 0.15) is 22.3 Å². The van der Waals surface area contributed by atoms with Gasteiger partial charge >= 0.3 is 0 Å². The van der Waals surface area contributed by atoms with E-state index in [-0.39, 0.29) is 0 Å². The van der Waals surface area contributed by atoms with Gasteiger partial charge in [-0.25, -0.2) is 0 Å². The fourth-order valence-electron chi connectivity index (χ4n) is 11.9. The van der Waals surface area contributed by atoms with Crippen LogP contribution in [0.25, 0.3) is 55.6 Å². The number of anilines is 6. The summed E-state index contributed by atoms with van der Waals surface area (Å²) in [5.74, 6) is 1.66. The van der Waals surface area contributed by atoms with Crippen LogP contribution in [0.2, 0.25) is 0 Å². The van der Waals surface area contributed by atoms with Crippen LogP contribution < -0.4 is 14.5 Å². The summed E-state index contributed by atoms with van der Waals surface area (Å²) >= 11 is 0. The highest BCUT2D eigenvalue weighted by atomic mass is 16.5. The Hall–Kier alpha value is -9.96. The summed E-state index contributed by atoms with van der Waals surface area (Å²) in [5, 5.41) is 0. The maximum Gasteiger partial charge on any atom is 0.156 e. The molecule has 3 nitrogen and oxygen atoms in total. The fraction of sp³-hybridized carbons (Fsp3) is 0.0137. The van der Waals surface area contributed by atoms with E-state index in [1.165, 1.54) is 44.5 Å². The summed E-state index contributed by atoms with van der Waals surface area (Å²) in [6, 6.07) is 110. The van der Waals surface area contributed by atoms with Crippen molar-refractivity contribution < 1.29 is 4.74 Å². The second kappa shape index (κ2) is 18.8. The van der Waals surface area contributed by atoms with Crippen LogP contribution in [0.3, 0.4) is 0 Å². The molecule has 14 rings (SSSR count). The lowest BCUT2D eigenvalue weighted by Crippen LogP contribution is -2.32. The van der Waals surface area contributed by atoms with Crippen LogP contribution in [-0.2, 0) is 5.41 Å². The Labute approximate surface area is 444 Å². The van der Waals surface area contributed by atoms with E-state index in [9.17, 15) is 0 Å². The number of rotatable bonds is 10. The van der Waals surface area contributed by atoms with E-state index in [2.05, 4.69) is 313 Å². The highest BCUT2D eigenvalue weighted by molar-refractivity contribution is 5.95. The van der Waals surface area contributed by atoms with Gasteiger partial charge in [-0.15, -0.1) is 0 Å². The SMILES string of the molecule is c1ccc(-c2ccc(N(c3ccc4c(c3)-c3ccccc3C43c4ccccc4Oc4c(N(c5ccc(-c6ccccc6)cc5)c5ccc(-c6ccccc6)cc5)cccc43)c3ccccc3-c3ccccc3)cc2)cc1. The van der Waals surface area contributed by atoms with Gasteiger partial charge in [-0.2, -0.15) is 0 Å². The van der Waals surface area contributed by atoms with Gasteiger partial charge in [0.2, 0.25) is 0 Å². The molecule has 0 N–H and O–H groups in total. The topological polar surface area (TPSA) is 15.7 Å². The molecule has 0 saturated carbocycles. The molecule has 2 aliphatic rings. The number of benzene rings is 12. The average molecular weight is 971 g/mol. The standard InChI is InChI=1S/C73H50N2O/c1-5-20-51(21-6-1)54-36-42-58(43-37-54)74(59-44-38-55(39-45-59)52-22-7-2-8-23-52)70-34-19-32-68-72(70)76-71-35-18-16-31-67(71)73(68)65-30-15-13-29-63(65)64-50-61(48-49-66(64)73)75(60-46-40-56(41-47-60)53-24-9-3-10-25-53)69-33-17-14-28-62(69)57-26-11-4-12-27-57/h1-50H. The molecule has 0 radical (unpaired) electrons. The van der Waals surface area contributed by atoms with Crippen molar-refractivity contribution in [2.45, 2.75) is 5.41 Å². The second-order valence-electron chi connectivity index (χ2n) is 19.6. The lowest BCUT2D eigenvalue weighted by molar-refractivity contribution is 0.437. The molecular weight excluding hydrogens is 921 g/mol. The zero-order chi connectivity index (χ0) is 50.4. The Morgan fingerprint density at radius 3 is 1.17 bits per heavy atom. The molecule has 3 heteroatoms. The van der Waals surface area contributed by atoms with E-state index in [4.69, 9.17) is 4.74 Å². The summed E-state index contributed by atoms with van der Waals surface area (Å²) in [6.07, 6.45) is 0. The van der Waals surface area contributed by atoms with Crippen LogP contribution in [0.5, 0.6) is 11.5 Å². The van der Waals surface area contributed by atoms with Crippen molar-refractivity contribution in [3.05, 3.63) is 326 Å². The molecule has 1 aliphatic carbocycles. The highest BCUT2D eigenvalue weighted by Gasteiger charge is 2.52. The molecule has 358 valence electrons. The molecule has 0 saturated heterocycles. The van der Waals surface area contributed by atoms with E-state index >= 15 is 0 Å². The van der Waals surface area contributed by atoms with Gasteiger partial charge in [-0.05, 0) is 128 Å². The molecule has 12 aromatic rings. The molecule has 1 aliphatic heterocycles. The van der Waals surface area contributed by atoms with Crippen LogP contribution in [0.15, 0.2) is 303 Å². The van der Waals surface area contributed by atoms with Gasteiger partial charge in [-0.1, -0.05) is 237 Å². The molecule has 0 fully saturated rings. The van der Waals surface area contributed by atoms with E-state index in [1.54, 1.807) is 0 Å². The lowest BCUT2D eigenvalue weighted by atomic mass is 9.66. The number of nitrogens with zero attached hydrogens (tertiary/aromatic N) is 2. The zero-order valence-electron chi connectivity index (χ0n) is 41.7. The average Bonchev–Trinajstić information content (AvgIpc) is 4.03. The van der Waals surface area contributed by atoms with Gasteiger partial charge in [0.15, 0.2) is 5.75 Å². The lowest BCUT2D eigenvalue weighted by Gasteiger charge is -2.41. The van der Waals surface area contributed by atoms with E-state index in [1.807, 2.05) is 0 Å². The van der Waals surface area contributed by atoms with Gasteiger partial charge in [0, 0.05) is 39.4 Å². The molecule has 0 bridgehead atoms. The second-order valence-corrected chi connectivity index (χ2v) is 19.6. The van der Waals surface area contributed by atoms with Crippen molar-refractivity contribution in [2.24, 2.45) is 0 Å². The minimum Gasteiger partial charge on any atom is -0.454 e. The van der Waals surface area contributed by atoms with Gasteiger partial charge in [0.1, 0.15) is 5.75 Å². The first-order valence-electron chi connectivity index (χ1n) is 26.1. The van der Waals surface area contributed by atoms with Gasteiger partial charge in [-0.3, -0.25) is 0 Å². The molecular formula is C73H50N2O. The van der Waals surface area contributed by atoms with Crippen molar-refractivity contribution in [1.29, 1.82) is 0 Å². The monoisotopic (exact) mass is 970 g/mol. The predicted molar refractivity (Wildman–Crippen MR) is 315 cm³/mol. The molecule has 1 spiro atoms. The molecule has 76 heavy (non-hydrogen) atoms. The van der Waals surface area contributed by atoms with Crippen LogP contribution in [0, 0.1) is 0 Å². The van der Waals surface area contributed by atoms with Crippen molar-refractivity contribution in [3.8, 4) is 67.1 Å². The third-order valence-corrected chi connectivity index (χ3v) is 15.4. The van der Waals surface area contributed by atoms with Crippen LogP contribution >= 0.6 is 0 Å². The van der Waals surface area contributed by atoms with Crippen LogP contribution in [-0.4, -0.2) is 0 Å². The summed E-state index contributed by atoms with van der Waals surface area (Å²) in [6.45, 7) is 0. The quantitative estimate of drug-likeness (QED) is 0.136. The number of hydrogen-bond donors (Lipinski definition) is 0. The van der Waals surface area contributed by atoms with Gasteiger partial charge < -0.3 is 14.5 Å². The van der Waals surface area contributed by atoms with Crippen molar-refractivity contribution in [3.63, 3.8) is 0 Å². The van der Waals surface area contributed by atoms with E-state index in [0.717, 1.165) is 79.0 Å². The minimum atomic E-state index is -0.714. The minimum absolute atomic E-state index is 0.714. The zero-order valence-corrected chi connectivity index (χ0v) is 41.7. The highest BCUT2D eigenvalue weighted by Crippen LogP contribution is 2.64. The fourth-order valence-corrected chi connectivity index (χ4v) is 11.9. The smallest absolute Gasteiger partial charge is 0.156 e. The summed E-state index contributed by atoms with van der Waals surface area (Å²) in [7, 11) is 0. The maximum absolute atomic E-state index is 7.36. The van der Waals surface area contributed by atoms with Crippen molar-refractivity contribution in [2.75, 3.05) is 9.80 Å². The summed E-state index contributed by atoms with van der Waals surface area (Å²) < 4.78 is 7.36. The molecule has 1 heterocycles. The summed E-state index contributed by atoms with van der Waals surface area (Å²) in [5.41, 5.74) is 21.9. The van der Waals surface area contributed by atoms with E-state index < -0.39 is 5.41 Å². The number of hydrogen-bond acceptors (Lipinski definition) is 3.